The van der Waals surface area contributed by atoms with Crippen LogP contribution in [-0.4, -0.2) is 21.4 Å². The summed E-state index contributed by atoms with van der Waals surface area (Å²) in [5, 5.41) is 2.93. The van der Waals surface area contributed by atoms with E-state index in [-0.39, 0.29) is 12.3 Å². The molecular weight excluding hydrogens is 306 g/mol. The fourth-order valence-electron chi connectivity index (χ4n) is 2.72. The summed E-state index contributed by atoms with van der Waals surface area (Å²) in [6, 6.07) is 5.43. The van der Waals surface area contributed by atoms with Crippen molar-refractivity contribution in [2.24, 2.45) is 11.1 Å². The molecule has 0 saturated carbocycles. The summed E-state index contributed by atoms with van der Waals surface area (Å²) < 4.78 is 1.74. The fraction of sp³-hybridized carbons (Fsp3) is 0.471. The lowest BCUT2D eigenvalue weighted by Crippen LogP contribution is -2.30. The largest absolute Gasteiger partial charge is 0.370 e. The highest BCUT2D eigenvalue weighted by atomic mass is 16.2. The van der Waals surface area contributed by atoms with E-state index in [1.807, 2.05) is 26.0 Å². The third kappa shape index (κ3) is 3.84. The molecule has 0 radical (unpaired) electrons. The second-order valence-electron chi connectivity index (χ2n) is 6.63. The normalized spacial score (nSPS) is 11.6. The number of rotatable bonds is 7. The molecule has 0 aliphatic rings. The van der Waals surface area contributed by atoms with Crippen LogP contribution in [0.3, 0.4) is 0 Å². The van der Waals surface area contributed by atoms with Crippen molar-refractivity contribution in [2.75, 3.05) is 11.1 Å². The van der Waals surface area contributed by atoms with Crippen molar-refractivity contribution in [1.82, 2.24) is 9.55 Å². The van der Waals surface area contributed by atoms with Gasteiger partial charge in [0.25, 0.3) is 0 Å². The van der Waals surface area contributed by atoms with Crippen LogP contribution in [0.5, 0.6) is 0 Å². The molecule has 2 aromatic rings. The van der Waals surface area contributed by atoms with Crippen LogP contribution in [-0.2, 0) is 16.1 Å². The molecule has 0 aliphatic carbocycles. The number of nitrogens with zero attached hydrogens (tertiary/aromatic N) is 2. The lowest BCUT2D eigenvalue weighted by molar-refractivity contribution is -0.124. The lowest BCUT2D eigenvalue weighted by Gasteiger charge is -2.22. The van der Waals surface area contributed by atoms with Crippen molar-refractivity contribution in [2.45, 2.75) is 46.6 Å². The maximum absolute atomic E-state index is 12.4. The van der Waals surface area contributed by atoms with Crippen LogP contribution < -0.4 is 16.8 Å². The van der Waals surface area contributed by atoms with E-state index in [2.05, 4.69) is 17.2 Å². The number of carbonyl (C=O) groups excluding carboxylic acids is 2. The third-order valence-electron chi connectivity index (χ3n) is 4.11. The SMILES string of the molecule is CCCC(C)(C)C(=O)Nc1ccc2c(c1)nc(N)n2CCC(N)=O. The molecular formula is C17H25N5O2. The number of amides is 2. The van der Waals surface area contributed by atoms with Gasteiger partial charge >= 0.3 is 0 Å². The zero-order valence-electron chi connectivity index (χ0n) is 14.4. The molecule has 24 heavy (non-hydrogen) atoms. The number of imidazole rings is 1. The van der Waals surface area contributed by atoms with E-state index in [4.69, 9.17) is 11.5 Å². The Labute approximate surface area is 141 Å². The maximum Gasteiger partial charge on any atom is 0.230 e. The summed E-state index contributed by atoms with van der Waals surface area (Å²) in [7, 11) is 0. The Morgan fingerprint density at radius 1 is 1.33 bits per heavy atom. The Hall–Kier alpha value is -2.57. The number of nitrogen functional groups attached to an aromatic ring is 1. The lowest BCUT2D eigenvalue weighted by atomic mass is 9.87. The van der Waals surface area contributed by atoms with E-state index in [1.165, 1.54) is 0 Å². The molecule has 0 atom stereocenters. The Morgan fingerprint density at radius 2 is 2.04 bits per heavy atom. The number of anilines is 2. The van der Waals surface area contributed by atoms with Gasteiger partial charge in [-0.05, 0) is 24.6 Å². The zero-order valence-corrected chi connectivity index (χ0v) is 14.4. The van der Waals surface area contributed by atoms with Crippen molar-refractivity contribution in [1.29, 1.82) is 0 Å². The topological polar surface area (TPSA) is 116 Å². The highest BCUT2D eigenvalue weighted by Gasteiger charge is 2.26. The van der Waals surface area contributed by atoms with E-state index in [0.29, 0.717) is 23.7 Å². The number of carbonyl (C=O) groups is 2. The molecule has 1 heterocycles. The summed E-state index contributed by atoms with van der Waals surface area (Å²) >= 11 is 0. The molecule has 130 valence electrons. The molecule has 0 bridgehead atoms. The highest BCUT2D eigenvalue weighted by molar-refractivity contribution is 5.96. The molecule has 5 N–H and O–H groups in total. The average Bonchev–Trinajstić information content (AvgIpc) is 2.79. The van der Waals surface area contributed by atoms with Crippen LogP contribution in [0.25, 0.3) is 11.0 Å². The van der Waals surface area contributed by atoms with Crippen molar-refractivity contribution in [3.8, 4) is 0 Å². The van der Waals surface area contributed by atoms with Gasteiger partial charge < -0.3 is 21.4 Å². The van der Waals surface area contributed by atoms with Crippen LogP contribution in [0.4, 0.5) is 11.6 Å². The Kier molecular flexibility index (Phi) is 5.11. The van der Waals surface area contributed by atoms with E-state index in [1.54, 1.807) is 10.6 Å². The van der Waals surface area contributed by atoms with Crippen LogP contribution in [0.2, 0.25) is 0 Å². The van der Waals surface area contributed by atoms with Crippen molar-refractivity contribution < 1.29 is 9.59 Å². The molecule has 2 rings (SSSR count). The first kappa shape index (κ1) is 17.8. The first-order valence-corrected chi connectivity index (χ1v) is 8.10. The number of hydrogen-bond donors (Lipinski definition) is 3. The van der Waals surface area contributed by atoms with Gasteiger partial charge in [-0.3, -0.25) is 9.59 Å². The summed E-state index contributed by atoms with van der Waals surface area (Å²) in [6.45, 7) is 6.30. The number of benzene rings is 1. The standard InChI is InChI=1S/C17H25N5O2/c1-4-8-17(2,3)15(24)20-11-5-6-13-12(10-11)21-16(19)22(13)9-7-14(18)23/h5-6,10H,4,7-9H2,1-3H3,(H2,18,23)(H2,19,21)(H,20,24). The van der Waals surface area contributed by atoms with Gasteiger partial charge in [0.05, 0.1) is 11.0 Å². The maximum atomic E-state index is 12.4. The molecule has 2 amide bonds. The van der Waals surface area contributed by atoms with Gasteiger partial charge in [0.2, 0.25) is 17.8 Å². The average molecular weight is 331 g/mol. The third-order valence-corrected chi connectivity index (χ3v) is 4.11. The molecule has 7 nitrogen and oxygen atoms in total. The summed E-state index contributed by atoms with van der Waals surface area (Å²) in [4.78, 5) is 27.7. The molecule has 0 saturated heterocycles. The number of nitrogens with two attached hydrogens (primary N) is 2. The minimum atomic E-state index is -0.427. The Morgan fingerprint density at radius 3 is 2.67 bits per heavy atom. The van der Waals surface area contributed by atoms with Crippen LogP contribution in [0.15, 0.2) is 18.2 Å². The minimum Gasteiger partial charge on any atom is -0.370 e. The summed E-state index contributed by atoms with van der Waals surface area (Å²) in [6.07, 6.45) is 1.95. The van der Waals surface area contributed by atoms with Gasteiger partial charge in [-0.15, -0.1) is 0 Å². The highest BCUT2D eigenvalue weighted by Crippen LogP contribution is 2.26. The molecule has 1 aromatic carbocycles. The van der Waals surface area contributed by atoms with Gasteiger partial charge in [0.1, 0.15) is 0 Å². The molecule has 0 spiro atoms. The zero-order chi connectivity index (χ0) is 17.9. The monoisotopic (exact) mass is 331 g/mol. The molecule has 0 unspecified atom stereocenters. The van der Waals surface area contributed by atoms with Crippen LogP contribution in [0, 0.1) is 5.41 Å². The van der Waals surface area contributed by atoms with Crippen molar-refractivity contribution in [3.63, 3.8) is 0 Å². The minimum absolute atomic E-state index is 0.0233. The Balaban J connectivity index is 2.23. The summed E-state index contributed by atoms with van der Waals surface area (Å²) in [5.74, 6) is -0.0934. The van der Waals surface area contributed by atoms with Gasteiger partial charge in [0, 0.05) is 24.1 Å². The Bertz CT molecular complexity index is 764. The molecule has 0 aliphatic heterocycles. The van der Waals surface area contributed by atoms with E-state index in [9.17, 15) is 9.59 Å². The van der Waals surface area contributed by atoms with E-state index >= 15 is 0 Å². The van der Waals surface area contributed by atoms with Gasteiger partial charge in [-0.2, -0.15) is 0 Å². The second kappa shape index (κ2) is 6.90. The number of aryl methyl sites for hydroxylation is 1. The number of aromatic nitrogens is 2. The van der Waals surface area contributed by atoms with Gasteiger partial charge in [-0.1, -0.05) is 27.2 Å². The van der Waals surface area contributed by atoms with Gasteiger partial charge in [-0.25, -0.2) is 4.98 Å². The van der Waals surface area contributed by atoms with Crippen molar-refractivity contribution >= 4 is 34.5 Å². The number of fused-ring (bicyclic) bond motifs is 1. The van der Waals surface area contributed by atoms with Gasteiger partial charge in [0.15, 0.2) is 0 Å². The predicted octanol–water partition coefficient (Wildman–Crippen LogP) is 2.26. The summed E-state index contributed by atoms with van der Waals surface area (Å²) in [5.41, 5.74) is 12.8. The molecule has 0 fully saturated rings. The van der Waals surface area contributed by atoms with Crippen LogP contribution in [0.1, 0.15) is 40.0 Å². The fourth-order valence-corrected chi connectivity index (χ4v) is 2.72. The van der Waals surface area contributed by atoms with E-state index in [0.717, 1.165) is 18.4 Å². The van der Waals surface area contributed by atoms with Crippen LogP contribution >= 0.6 is 0 Å². The smallest absolute Gasteiger partial charge is 0.230 e. The van der Waals surface area contributed by atoms with E-state index < -0.39 is 11.3 Å². The number of hydrogen-bond acceptors (Lipinski definition) is 4. The van der Waals surface area contributed by atoms with Crippen molar-refractivity contribution in [3.05, 3.63) is 18.2 Å². The first-order valence-electron chi connectivity index (χ1n) is 8.10. The molecule has 7 heteroatoms. The molecule has 1 aromatic heterocycles. The number of primary amides is 1. The second-order valence-corrected chi connectivity index (χ2v) is 6.63. The quantitative estimate of drug-likeness (QED) is 0.721. The number of nitrogens with one attached hydrogen (secondary N) is 1. The first-order chi connectivity index (χ1) is 11.2. The predicted molar refractivity (Wildman–Crippen MR) is 95.3 cm³/mol.